The van der Waals surface area contributed by atoms with Crippen LogP contribution in [0.25, 0.3) is 22.0 Å². The fourth-order valence-electron chi connectivity index (χ4n) is 2.52. The van der Waals surface area contributed by atoms with E-state index in [-0.39, 0.29) is 5.82 Å². The summed E-state index contributed by atoms with van der Waals surface area (Å²) in [6, 6.07) is 10.0. The number of nitrogens with zero attached hydrogens (tertiary/aromatic N) is 2. The van der Waals surface area contributed by atoms with Gasteiger partial charge in [-0.1, -0.05) is 12.1 Å². The molecule has 4 nitrogen and oxygen atoms in total. The van der Waals surface area contributed by atoms with Gasteiger partial charge in [0.1, 0.15) is 5.82 Å². The monoisotopic (exact) mass is 313 g/mol. The van der Waals surface area contributed by atoms with Crippen molar-refractivity contribution in [1.29, 1.82) is 0 Å². The van der Waals surface area contributed by atoms with E-state index in [0.29, 0.717) is 18.7 Å². The van der Waals surface area contributed by atoms with Crippen molar-refractivity contribution < 1.29 is 9.50 Å². The molecular formula is C18H20FN3O. The Morgan fingerprint density at radius 1 is 1.22 bits per heavy atom. The van der Waals surface area contributed by atoms with E-state index in [9.17, 15) is 9.50 Å². The molecule has 0 atom stereocenters. The molecule has 0 radical (unpaired) electrons. The highest BCUT2D eigenvalue weighted by atomic mass is 19.1. The highest BCUT2D eigenvalue weighted by Crippen LogP contribution is 2.30. The molecule has 23 heavy (non-hydrogen) atoms. The lowest BCUT2D eigenvalue weighted by atomic mass is 10.0. The van der Waals surface area contributed by atoms with Crippen LogP contribution in [0.2, 0.25) is 0 Å². The van der Waals surface area contributed by atoms with Crippen LogP contribution < -0.4 is 5.73 Å². The number of aliphatic hydroxyl groups is 1. The van der Waals surface area contributed by atoms with Gasteiger partial charge in [0.2, 0.25) is 0 Å². The van der Waals surface area contributed by atoms with Gasteiger partial charge in [-0.25, -0.2) is 4.39 Å². The molecule has 0 aliphatic heterocycles. The Balaban J connectivity index is 1.96. The van der Waals surface area contributed by atoms with E-state index in [1.807, 2.05) is 23.0 Å². The summed E-state index contributed by atoms with van der Waals surface area (Å²) in [5.74, 6) is -0.274. The van der Waals surface area contributed by atoms with Crippen LogP contribution in [0.15, 0.2) is 42.6 Å². The zero-order chi connectivity index (χ0) is 16.6. The molecule has 0 saturated heterocycles. The number of hydrogen-bond acceptors (Lipinski definition) is 3. The smallest absolute Gasteiger partial charge is 0.123 e. The minimum atomic E-state index is -0.726. The number of halogens is 1. The average Bonchev–Trinajstić information content (AvgIpc) is 2.86. The molecule has 1 aromatic heterocycles. The first-order valence-electron chi connectivity index (χ1n) is 7.57. The fourth-order valence-corrected chi connectivity index (χ4v) is 2.52. The standard InChI is InChI=1S/C18H20FN3O/c1-18(2,23)7-8-22-11-13-9-16(20)15(10-17(13)21-22)12-3-5-14(19)6-4-12/h3-6,9-11,23H,7-8,20H2,1-2H3. The lowest BCUT2D eigenvalue weighted by molar-refractivity contribution is 0.0651. The van der Waals surface area contributed by atoms with Crippen molar-refractivity contribution in [2.45, 2.75) is 32.4 Å². The van der Waals surface area contributed by atoms with Crippen molar-refractivity contribution >= 4 is 16.6 Å². The number of nitrogen functional groups attached to an aromatic ring is 1. The largest absolute Gasteiger partial charge is 0.398 e. The van der Waals surface area contributed by atoms with Crippen LogP contribution in [-0.2, 0) is 6.54 Å². The van der Waals surface area contributed by atoms with E-state index < -0.39 is 5.60 Å². The van der Waals surface area contributed by atoms with Crippen molar-refractivity contribution in [3.05, 3.63) is 48.4 Å². The predicted molar refractivity (Wildman–Crippen MR) is 90.5 cm³/mol. The van der Waals surface area contributed by atoms with Gasteiger partial charge in [0.15, 0.2) is 0 Å². The first-order valence-corrected chi connectivity index (χ1v) is 7.57. The van der Waals surface area contributed by atoms with Gasteiger partial charge in [-0.3, -0.25) is 4.68 Å². The van der Waals surface area contributed by atoms with Gasteiger partial charge in [-0.15, -0.1) is 0 Å². The molecule has 120 valence electrons. The second kappa shape index (κ2) is 5.66. The van der Waals surface area contributed by atoms with Crippen molar-refractivity contribution in [1.82, 2.24) is 9.78 Å². The third-order valence-electron chi connectivity index (χ3n) is 3.83. The van der Waals surface area contributed by atoms with E-state index in [0.717, 1.165) is 22.0 Å². The normalized spacial score (nSPS) is 12.0. The van der Waals surface area contributed by atoms with Crippen LogP contribution in [0.4, 0.5) is 10.1 Å². The molecule has 3 aromatic rings. The number of rotatable bonds is 4. The maximum absolute atomic E-state index is 13.1. The summed E-state index contributed by atoms with van der Waals surface area (Å²) in [7, 11) is 0. The van der Waals surface area contributed by atoms with Crippen molar-refractivity contribution in [2.24, 2.45) is 0 Å². The number of aromatic nitrogens is 2. The Kier molecular flexibility index (Phi) is 3.82. The lowest BCUT2D eigenvalue weighted by Gasteiger charge is -2.16. The Bertz CT molecular complexity index is 832. The summed E-state index contributed by atoms with van der Waals surface area (Å²) in [5.41, 5.74) is 8.57. The molecule has 2 aromatic carbocycles. The van der Waals surface area contributed by atoms with E-state index >= 15 is 0 Å². The average molecular weight is 313 g/mol. The van der Waals surface area contributed by atoms with E-state index in [2.05, 4.69) is 5.10 Å². The van der Waals surface area contributed by atoms with Crippen LogP contribution in [-0.4, -0.2) is 20.5 Å². The van der Waals surface area contributed by atoms with Gasteiger partial charge in [-0.2, -0.15) is 5.10 Å². The molecule has 0 spiro atoms. The van der Waals surface area contributed by atoms with Gasteiger partial charge in [0.25, 0.3) is 0 Å². The number of benzene rings is 2. The Morgan fingerprint density at radius 3 is 2.57 bits per heavy atom. The zero-order valence-corrected chi connectivity index (χ0v) is 13.3. The third-order valence-corrected chi connectivity index (χ3v) is 3.83. The summed E-state index contributed by atoms with van der Waals surface area (Å²) >= 11 is 0. The summed E-state index contributed by atoms with van der Waals surface area (Å²) in [6.07, 6.45) is 2.53. The molecule has 0 unspecified atom stereocenters. The Hall–Kier alpha value is -2.40. The second-order valence-electron chi connectivity index (χ2n) is 6.46. The summed E-state index contributed by atoms with van der Waals surface area (Å²) in [6.45, 7) is 4.19. The van der Waals surface area contributed by atoms with Crippen molar-refractivity contribution in [2.75, 3.05) is 5.73 Å². The zero-order valence-electron chi connectivity index (χ0n) is 13.3. The SMILES string of the molecule is CC(C)(O)CCn1cc2cc(N)c(-c3ccc(F)cc3)cc2n1. The van der Waals surface area contributed by atoms with Crippen LogP contribution in [0.1, 0.15) is 20.3 Å². The topological polar surface area (TPSA) is 64.1 Å². The Labute approximate surface area is 134 Å². The maximum atomic E-state index is 13.1. The molecule has 5 heteroatoms. The highest BCUT2D eigenvalue weighted by Gasteiger charge is 2.13. The van der Waals surface area contributed by atoms with Crippen LogP contribution >= 0.6 is 0 Å². The van der Waals surface area contributed by atoms with Gasteiger partial charge in [0.05, 0.1) is 11.1 Å². The number of nitrogens with two attached hydrogens (primary N) is 1. The van der Waals surface area contributed by atoms with Crippen molar-refractivity contribution in [3.8, 4) is 11.1 Å². The number of aryl methyl sites for hydroxylation is 1. The second-order valence-corrected chi connectivity index (χ2v) is 6.46. The van der Waals surface area contributed by atoms with Crippen LogP contribution in [0.5, 0.6) is 0 Å². The molecule has 0 saturated carbocycles. The van der Waals surface area contributed by atoms with Crippen molar-refractivity contribution in [3.63, 3.8) is 0 Å². The van der Waals surface area contributed by atoms with Crippen LogP contribution in [0, 0.1) is 5.82 Å². The van der Waals surface area contributed by atoms with Gasteiger partial charge < -0.3 is 10.8 Å². The summed E-state index contributed by atoms with van der Waals surface area (Å²) in [5, 5.41) is 15.3. The minimum Gasteiger partial charge on any atom is -0.398 e. The highest BCUT2D eigenvalue weighted by molar-refractivity contribution is 5.91. The van der Waals surface area contributed by atoms with Crippen LogP contribution in [0.3, 0.4) is 0 Å². The minimum absolute atomic E-state index is 0.274. The first kappa shape index (κ1) is 15.5. The maximum Gasteiger partial charge on any atom is 0.123 e. The molecular weight excluding hydrogens is 293 g/mol. The van der Waals surface area contributed by atoms with E-state index in [1.54, 1.807) is 26.0 Å². The number of hydrogen-bond donors (Lipinski definition) is 2. The third kappa shape index (κ3) is 3.51. The van der Waals surface area contributed by atoms with E-state index in [1.165, 1.54) is 12.1 Å². The molecule has 3 N–H and O–H groups in total. The Morgan fingerprint density at radius 2 is 1.91 bits per heavy atom. The lowest BCUT2D eigenvalue weighted by Crippen LogP contribution is -2.21. The van der Waals surface area contributed by atoms with Gasteiger partial charge in [-0.05, 0) is 50.1 Å². The molecule has 0 fully saturated rings. The van der Waals surface area contributed by atoms with Gasteiger partial charge >= 0.3 is 0 Å². The van der Waals surface area contributed by atoms with E-state index in [4.69, 9.17) is 5.73 Å². The quantitative estimate of drug-likeness (QED) is 0.724. The van der Waals surface area contributed by atoms with Gasteiger partial charge in [0, 0.05) is 29.4 Å². The first-order chi connectivity index (χ1) is 10.8. The fraction of sp³-hybridized carbons (Fsp3) is 0.278. The summed E-state index contributed by atoms with van der Waals surface area (Å²) < 4.78 is 14.9. The number of fused-ring (bicyclic) bond motifs is 1. The molecule has 0 aliphatic rings. The molecule has 3 rings (SSSR count). The molecule has 0 bridgehead atoms. The summed E-state index contributed by atoms with van der Waals surface area (Å²) in [4.78, 5) is 0. The molecule has 0 amide bonds. The number of anilines is 1. The molecule has 1 heterocycles. The molecule has 0 aliphatic carbocycles. The predicted octanol–water partition coefficient (Wildman–Crippen LogP) is 3.59.